The summed E-state index contributed by atoms with van der Waals surface area (Å²) in [5.74, 6) is -0.0284. The van der Waals surface area contributed by atoms with Crippen LogP contribution in [0.2, 0.25) is 0 Å². The smallest absolute Gasteiger partial charge is 0.243 e. The van der Waals surface area contributed by atoms with Gasteiger partial charge in [-0.1, -0.05) is 5.10 Å². The van der Waals surface area contributed by atoms with E-state index in [0.717, 1.165) is 0 Å². The molecule has 66 valence electrons. The molecule has 7 nitrogen and oxygen atoms in total. The number of tetrazole rings is 1. The van der Waals surface area contributed by atoms with Crippen LogP contribution in [0.4, 0.5) is 5.95 Å². The van der Waals surface area contributed by atoms with Gasteiger partial charge in [0.1, 0.15) is 6.04 Å². The molecule has 1 unspecified atom stereocenters. The number of carbonyl (C=O) groups excluding carboxylic acids is 1. The third kappa shape index (κ3) is 1.68. The van der Waals surface area contributed by atoms with E-state index in [2.05, 4.69) is 20.8 Å². The number of nitrogens with one attached hydrogen (secondary N) is 1. The predicted octanol–water partition coefficient (Wildman–Crippen LogP) is -1.50. The van der Waals surface area contributed by atoms with Crippen LogP contribution < -0.4 is 11.1 Å². The van der Waals surface area contributed by atoms with Gasteiger partial charge in [0, 0.05) is 7.05 Å². The minimum Gasteiger partial charge on any atom is -0.368 e. The van der Waals surface area contributed by atoms with E-state index in [4.69, 9.17) is 5.73 Å². The van der Waals surface area contributed by atoms with Crippen LogP contribution in [-0.2, 0) is 11.8 Å². The number of rotatable bonds is 3. The number of anilines is 1. The zero-order valence-corrected chi connectivity index (χ0v) is 6.85. The van der Waals surface area contributed by atoms with Gasteiger partial charge in [-0.2, -0.15) is 0 Å². The Morgan fingerprint density at radius 2 is 2.42 bits per heavy atom. The first-order valence-electron chi connectivity index (χ1n) is 3.39. The van der Waals surface area contributed by atoms with Crippen molar-refractivity contribution in [3.63, 3.8) is 0 Å². The van der Waals surface area contributed by atoms with Gasteiger partial charge in [0.15, 0.2) is 0 Å². The summed E-state index contributed by atoms with van der Waals surface area (Å²) in [4.78, 5) is 10.6. The molecule has 0 aliphatic rings. The van der Waals surface area contributed by atoms with Crippen molar-refractivity contribution in [3.05, 3.63) is 0 Å². The lowest BCUT2D eigenvalue weighted by atomic mass is 10.3. The van der Waals surface area contributed by atoms with Crippen molar-refractivity contribution in [1.82, 2.24) is 20.2 Å². The zero-order valence-electron chi connectivity index (χ0n) is 6.85. The van der Waals surface area contributed by atoms with E-state index < -0.39 is 11.9 Å². The molecule has 0 saturated carbocycles. The summed E-state index contributed by atoms with van der Waals surface area (Å²) in [7, 11) is 1.66. The summed E-state index contributed by atoms with van der Waals surface area (Å²) < 4.78 is 1.42. The van der Waals surface area contributed by atoms with Crippen LogP contribution >= 0.6 is 0 Å². The largest absolute Gasteiger partial charge is 0.368 e. The summed E-state index contributed by atoms with van der Waals surface area (Å²) in [5, 5.41) is 13.3. The van der Waals surface area contributed by atoms with E-state index in [1.165, 1.54) is 4.68 Å². The molecule has 0 saturated heterocycles. The molecule has 1 rings (SSSR count). The quantitative estimate of drug-likeness (QED) is 0.575. The Balaban J connectivity index is 2.64. The third-order valence-electron chi connectivity index (χ3n) is 1.39. The van der Waals surface area contributed by atoms with Crippen LogP contribution in [0, 0.1) is 0 Å². The minimum absolute atomic E-state index is 0.418. The monoisotopic (exact) mass is 170 g/mol. The number of hydrogen-bond donors (Lipinski definition) is 2. The number of primary amides is 1. The molecule has 0 aliphatic carbocycles. The SMILES string of the molecule is CC(Nc1nnnn1C)C(N)=O. The van der Waals surface area contributed by atoms with Gasteiger partial charge in [0.05, 0.1) is 0 Å². The number of hydrogen-bond acceptors (Lipinski definition) is 5. The Morgan fingerprint density at radius 1 is 1.75 bits per heavy atom. The third-order valence-corrected chi connectivity index (χ3v) is 1.39. The molecule has 3 N–H and O–H groups in total. The zero-order chi connectivity index (χ0) is 9.14. The second kappa shape index (κ2) is 3.16. The standard InChI is InChI=1S/C5H10N6O/c1-3(4(6)12)7-5-8-9-10-11(5)2/h3H,1-2H3,(H2,6,12)(H,7,8,10). The molecule has 0 aliphatic heterocycles. The van der Waals surface area contributed by atoms with E-state index in [9.17, 15) is 4.79 Å². The van der Waals surface area contributed by atoms with Crippen LogP contribution in [0.25, 0.3) is 0 Å². The molecule has 0 spiro atoms. The Kier molecular flexibility index (Phi) is 2.22. The maximum atomic E-state index is 10.6. The fourth-order valence-corrected chi connectivity index (χ4v) is 0.617. The van der Waals surface area contributed by atoms with Gasteiger partial charge in [-0.05, 0) is 17.4 Å². The van der Waals surface area contributed by atoms with Crippen molar-refractivity contribution in [2.24, 2.45) is 12.8 Å². The lowest BCUT2D eigenvalue weighted by molar-refractivity contribution is -0.118. The molecule has 1 atom stereocenters. The van der Waals surface area contributed by atoms with Crippen molar-refractivity contribution < 1.29 is 4.79 Å². The van der Waals surface area contributed by atoms with Gasteiger partial charge in [0.2, 0.25) is 11.9 Å². The number of amides is 1. The number of aryl methyl sites for hydroxylation is 1. The van der Waals surface area contributed by atoms with Crippen molar-refractivity contribution in [2.75, 3.05) is 5.32 Å². The van der Waals surface area contributed by atoms with Gasteiger partial charge in [0.25, 0.3) is 0 Å². The molecule has 0 aromatic carbocycles. The van der Waals surface area contributed by atoms with Crippen molar-refractivity contribution in [3.8, 4) is 0 Å². The summed E-state index contributed by atoms with van der Waals surface area (Å²) in [6.45, 7) is 1.64. The first-order chi connectivity index (χ1) is 5.61. The Hall–Kier alpha value is -1.66. The van der Waals surface area contributed by atoms with Crippen LogP contribution in [0.1, 0.15) is 6.92 Å². The molecule has 1 amide bonds. The normalized spacial score (nSPS) is 12.5. The molecule has 7 heteroatoms. The van der Waals surface area contributed by atoms with E-state index >= 15 is 0 Å². The molecule has 1 heterocycles. The number of nitrogens with two attached hydrogens (primary N) is 1. The fraction of sp³-hybridized carbons (Fsp3) is 0.600. The number of aromatic nitrogens is 4. The molecule has 1 aromatic heterocycles. The Morgan fingerprint density at radius 3 is 2.83 bits per heavy atom. The maximum absolute atomic E-state index is 10.6. The topological polar surface area (TPSA) is 98.7 Å². The molecular weight excluding hydrogens is 160 g/mol. The van der Waals surface area contributed by atoms with E-state index in [1.54, 1.807) is 14.0 Å². The van der Waals surface area contributed by atoms with E-state index in [-0.39, 0.29) is 0 Å². The van der Waals surface area contributed by atoms with Crippen LogP contribution in [-0.4, -0.2) is 32.2 Å². The molecular formula is C5H10N6O. The van der Waals surface area contributed by atoms with Gasteiger partial charge >= 0.3 is 0 Å². The molecule has 0 fully saturated rings. The van der Waals surface area contributed by atoms with Crippen molar-refractivity contribution in [1.29, 1.82) is 0 Å². The summed E-state index contributed by atoms with van der Waals surface area (Å²) in [6, 6.07) is -0.477. The molecule has 0 bridgehead atoms. The lowest BCUT2D eigenvalue weighted by Gasteiger charge is -2.08. The first-order valence-corrected chi connectivity index (χ1v) is 3.39. The number of nitrogens with zero attached hydrogens (tertiary/aromatic N) is 4. The molecule has 1 aromatic rings. The van der Waals surface area contributed by atoms with Gasteiger partial charge < -0.3 is 11.1 Å². The first kappa shape index (κ1) is 8.44. The van der Waals surface area contributed by atoms with Gasteiger partial charge in [-0.25, -0.2) is 4.68 Å². The summed E-state index contributed by atoms with van der Waals surface area (Å²) >= 11 is 0. The van der Waals surface area contributed by atoms with E-state index in [0.29, 0.717) is 5.95 Å². The fourth-order valence-electron chi connectivity index (χ4n) is 0.617. The van der Waals surface area contributed by atoms with Crippen LogP contribution in [0.15, 0.2) is 0 Å². The summed E-state index contributed by atoms with van der Waals surface area (Å²) in [6.07, 6.45) is 0. The van der Waals surface area contributed by atoms with Crippen molar-refractivity contribution in [2.45, 2.75) is 13.0 Å². The maximum Gasteiger partial charge on any atom is 0.243 e. The Bertz CT molecular complexity index is 281. The highest BCUT2D eigenvalue weighted by Crippen LogP contribution is 1.97. The molecule has 12 heavy (non-hydrogen) atoms. The lowest BCUT2D eigenvalue weighted by Crippen LogP contribution is -2.33. The van der Waals surface area contributed by atoms with Gasteiger partial charge in [-0.15, -0.1) is 0 Å². The second-order valence-corrected chi connectivity index (χ2v) is 2.39. The van der Waals surface area contributed by atoms with Crippen molar-refractivity contribution >= 4 is 11.9 Å². The van der Waals surface area contributed by atoms with Crippen LogP contribution in [0.5, 0.6) is 0 Å². The highest BCUT2D eigenvalue weighted by Gasteiger charge is 2.10. The molecule has 0 radical (unpaired) electrons. The van der Waals surface area contributed by atoms with Crippen LogP contribution in [0.3, 0.4) is 0 Å². The highest BCUT2D eigenvalue weighted by atomic mass is 16.1. The minimum atomic E-state index is -0.477. The average Bonchev–Trinajstić information content (AvgIpc) is 2.36. The average molecular weight is 170 g/mol. The highest BCUT2D eigenvalue weighted by molar-refractivity contribution is 5.81. The van der Waals surface area contributed by atoms with E-state index in [1.807, 2.05) is 0 Å². The predicted molar refractivity (Wildman–Crippen MR) is 41.1 cm³/mol. The van der Waals surface area contributed by atoms with Gasteiger partial charge in [-0.3, -0.25) is 4.79 Å². The second-order valence-electron chi connectivity index (χ2n) is 2.39. The summed E-state index contributed by atoms with van der Waals surface area (Å²) in [5.41, 5.74) is 5.02. The Labute approximate surface area is 68.9 Å². The number of carbonyl (C=O) groups is 1.